The monoisotopic (exact) mass is 264 g/mol. The topological polar surface area (TPSA) is 49.4 Å². The number of amides is 2. The van der Waals surface area contributed by atoms with Gasteiger partial charge in [-0.15, -0.1) is 0 Å². The molecule has 106 valence electrons. The summed E-state index contributed by atoms with van der Waals surface area (Å²) in [6.45, 7) is 4.08. The van der Waals surface area contributed by atoms with Gasteiger partial charge in [0, 0.05) is 6.04 Å². The van der Waals surface area contributed by atoms with Crippen molar-refractivity contribution in [1.29, 1.82) is 0 Å². The molecule has 0 aromatic rings. The Hall–Kier alpha value is -1.06. The van der Waals surface area contributed by atoms with Gasteiger partial charge in [-0.05, 0) is 39.5 Å². The Morgan fingerprint density at radius 3 is 2.05 bits per heavy atom. The largest absolute Gasteiger partial charge is 0.340 e. The van der Waals surface area contributed by atoms with Crippen molar-refractivity contribution < 1.29 is 9.59 Å². The predicted molar refractivity (Wildman–Crippen MR) is 72.5 cm³/mol. The predicted octanol–water partition coefficient (Wildman–Crippen LogP) is 1.98. The van der Waals surface area contributed by atoms with E-state index in [9.17, 15) is 9.59 Å². The first kappa shape index (κ1) is 12.9. The van der Waals surface area contributed by atoms with Crippen molar-refractivity contribution in [2.45, 2.75) is 82.3 Å². The lowest BCUT2D eigenvalue weighted by atomic mass is 9.82. The summed E-state index contributed by atoms with van der Waals surface area (Å²) in [5.41, 5.74) is -1.12. The highest BCUT2D eigenvalue weighted by Crippen LogP contribution is 2.44. The van der Waals surface area contributed by atoms with Crippen LogP contribution >= 0.6 is 0 Å². The van der Waals surface area contributed by atoms with Crippen LogP contribution in [-0.2, 0) is 9.59 Å². The number of nitrogens with zero attached hydrogens (tertiary/aromatic N) is 1. The van der Waals surface area contributed by atoms with E-state index in [0.717, 1.165) is 51.4 Å². The summed E-state index contributed by atoms with van der Waals surface area (Å²) in [5.74, 6) is 0.293. The van der Waals surface area contributed by atoms with Gasteiger partial charge in [0.15, 0.2) is 0 Å². The quantitative estimate of drug-likeness (QED) is 0.787. The highest BCUT2D eigenvalue weighted by atomic mass is 16.2. The van der Waals surface area contributed by atoms with Gasteiger partial charge in [0.2, 0.25) is 11.8 Å². The Morgan fingerprint density at radius 1 is 1.00 bits per heavy atom. The van der Waals surface area contributed by atoms with Crippen molar-refractivity contribution in [2.75, 3.05) is 0 Å². The molecule has 0 bridgehead atoms. The van der Waals surface area contributed by atoms with E-state index in [4.69, 9.17) is 0 Å². The van der Waals surface area contributed by atoms with E-state index in [2.05, 4.69) is 5.32 Å². The number of hydrogen-bond donors (Lipinski definition) is 1. The average Bonchev–Trinajstić information content (AvgIpc) is 2.97. The van der Waals surface area contributed by atoms with Gasteiger partial charge in [-0.25, -0.2) is 0 Å². The van der Waals surface area contributed by atoms with Crippen LogP contribution in [-0.4, -0.2) is 33.8 Å². The summed E-state index contributed by atoms with van der Waals surface area (Å²) in [5, 5.41) is 3.13. The summed E-state index contributed by atoms with van der Waals surface area (Å²) in [7, 11) is 0. The van der Waals surface area contributed by atoms with Crippen LogP contribution in [0, 0.1) is 0 Å². The molecule has 2 amide bonds. The highest BCUT2D eigenvalue weighted by molar-refractivity contribution is 6.02. The van der Waals surface area contributed by atoms with Gasteiger partial charge in [-0.3, -0.25) is 9.59 Å². The normalized spacial score (nSPS) is 28.7. The Balaban J connectivity index is 2.01. The molecule has 2 spiro atoms. The SMILES string of the molecule is CC(C)N1C(=O)C2(CCCC2)NC(=O)C12CCCC2. The molecule has 1 N–H and O–H groups in total. The Kier molecular flexibility index (Phi) is 2.88. The summed E-state index contributed by atoms with van der Waals surface area (Å²) in [6, 6.07) is 0.106. The van der Waals surface area contributed by atoms with Gasteiger partial charge < -0.3 is 10.2 Å². The van der Waals surface area contributed by atoms with Crippen molar-refractivity contribution in [3.63, 3.8) is 0 Å². The van der Waals surface area contributed by atoms with Gasteiger partial charge in [-0.2, -0.15) is 0 Å². The summed E-state index contributed by atoms with van der Waals surface area (Å²) in [6.07, 6.45) is 7.50. The molecule has 1 aliphatic heterocycles. The van der Waals surface area contributed by atoms with Crippen LogP contribution < -0.4 is 5.32 Å². The molecule has 0 atom stereocenters. The number of nitrogens with one attached hydrogen (secondary N) is 1. The molecule has 1 saturated heterocycles. The standard InChI is InChI=1S/C15H24N2O2/c1-11(2)17-13(19)14(7-3-4-8-14)16-12(18)15(17)9-5-6-10-15/h11H,3-10H2,1-2H3,(H,16,18). The van der Waals surface area contributed by atoms with Crippen molar-refractivity contribution in [2.24, 2.45) is 0 Å². The second-order valence-electron chi connectivity index (χ2n) is 6.75. The van der Waals surface area contributed by atoms with Crippen molar-refractivity contribution >= 4 is 11.8 Å². The van der Waals surface area contributed by atoms with Gasteiger partial charge >= 0.3 is 0 Å². The minimum atomic E-state index is -0.574. The zero-order valence-electron chi connectivity index (χ0n) is 12.0. The fourth-order valence-electron chi connectivity index (χ4n) is 4.40. The van der Waals surface area contributed by atoms with Crippen molar-refractivity contribution in [3.8, 4) is 0 Å². The molecule has 3 fully saturated rings. The van der Waals surface area contributed by atoms with Gasteiger partial charge in [-0.1, -0.05) is 25.7 Å². The van der Waals surface area contributed by atoms with E-state index in [1.54, 1.807) is 0 Å². The minimum absolute atomic E-state index is 0.106. The molecule has 4 heteroatoms. The Morgan fingerprint density at radius 2 is 1.53 bits per heavy atom. The molecule has 4 nitrogen and oxygen atoms in total. The van der Waals surface area contributed by atoms with E-state index in [1.807, 2.05) is 18.7 Å². The molecular formula is C15H24N2O2. The molecule has 3 aliphatic rings. The smallest absolute Gasteiger partial charge is 0.249 e. The van der Waals surface area contributed by atoms with Crippen LogP contribution in [0.1, 0.15) is 65.2 Å². The number of rotatable bonds is 1. The number of carbonyl (C=O) groups is 2. The van der Waals surface area contributed by atoms with Gasteiger partial charge in [0.25, 0.3) is 0 Å². The molecule has 1 heterocycles. The summed E-state index contributed by atoms with van der Waals surface area (Å²) < 4.78 is 0. The number of piperazine rings is 1. The van der Waals surface area contributed by atoms with Crippen molar-refractivity contribution in [3.05, 3.63) is 0 Å². The third kappa shape index (κ3) is 1.65. The molecular weight excluding hydrogens is 240 g/mol. The van der Waals surface area contributed by atoms with Gasteiger partial charge in [0.1, 0.15) is 11.1 Å². The zero-order chi connectivity index (χ0) is 13.7. The van der Waals surface area contributed by atoms with Crippen molar-refractivity contribution in [1.82, 2.24) is 10.2 Å². The van der Waals surface area contributed by atoms with E-state index < -0.39 is 11.1 Å². The first-order valence-corrected chi connectivity index (χ1v) is 7.68. The molecule has 0 aromatic carbocycles. The second kappa shape index (κ2) is 4.22. The molecule has 2 aliphatic carbocycles. The molecule has 0 aromatic heterocycles. The lowest BCUT2D eigenvalue weighted by molar-refractivity contribution is -0.165. The maximum Gasteiger partial charge on any atom is 0.249 e. The molecule has 0 radical (unpaired) electrons. The maximum atomic E-state index is 13.0. The number of hydrogen-bond acceptors (Lipinski definition) is 2. The highest BCUT2D eigenvalue weighted by Gasteiger charge is 2.60. The minimum Gasteiger partial charge on any atom is -0.340 e. The fourth-order valence-corrected chi connectivity index (χ4v) is 4.40. The van der Waals surface area contributed by atoms with Gasteiger partial charge in [0.05, 0.1) is 0 Å². The summed E-state index contributed by atoms with van der Waals surface area (Å²) in [4.78, 5) is 27.7. The zero-order valence-corrected chi connectivity index (χ0v) is 12.0. The molecule has 3 rings (SSSR count). The molecule has 2 saturated carbocycles. The van der Waals surface area contributed by atoms with Crippen LogP contribution in [0.3, 0.4) is 0 Å². The fraction of sp³-hybridized carbons (Fsp3) is 0.867. The Bertz CT molecular complexity index is 404. The van der Waals surface area contributed by atoms with Crippen LogP contribution in [0.25, 0.3) is 0 Å². The lowest BCUT2D eigenvalue weighted by Gasteiger charge is -2.52. The van der Waals surface area contributed by atoms with E-state index in [-0.39, 0.29) is 17.9 Å². The van der Waals surface area contributed by atoms with Crippen LogP contribution in [0.15, 0.2) is 0 Å². The maximum absolute atomic E-state index is 13.0. The first-order chi connectivity index (χ1) is 9.02. The lowest BCUT2D eigenvalue weighted by Crippen LogP contribution is -2.75. The average molecular weight is 264 g/mol. The van der Waals surface area contributed by atoms with Crippen LogP contribution in [0.5, 0.6) is 0 Å². The van der Waals surface area contributed by atoms with Crippen LogP contribution in [0.4, 0.5) is 0 Å². The molecule has 19 heavy (non-hydrogen) atoms. The van der Waals surface area contributed by atoms with E-state index in [0.29, 0.717) is 0 Å². The third-order valence-electron chi connectivity index (χ3n) is 5.27. The number of carbonyl (C=O) groups excluding carboxylic acids is 2. The third-order valence-corrected chi connectivity index (χ3v) is 5.27. The van der Waals surface area contributed by atoms with E-state index >= 15 is 0 Å². The first-order valence-electron chi connectivity index (χ1n) is 7.68. The second-order valence-corrected chi connectivity index (χ2v) is 6.75. The molecule has 0 unspecified atom stereocenters. The van der Waals surface area contributed by atoms with Crippen LogP contribution in [0.2, 0.25) is 0 Å². The summed E-state index contributed by atoms with van der Waals surface area (Å²) >= 11 is 0. The Labute approximate surface area is 114 Å². The van der Waals surface area contributed by atoms with E-state index in [1.165, 1.54) is 0 Å².